The molecule has 1 aliphatic heterocycles. The summed E-state index contributed by atoms with van der Waals surface area (Å²) in [6, 6.07) is 7.75. The number of hydrogen-bond donors (Lipinski definition) is 1. The number of anilines is 1. The molecule has 1 N–H and O–H groups in total. The normalized spacial score (nSPS) is 16.4. The van der Waals surface area contributed by atoms with Gasteiger partial charge in [0, 0.05) is 37.6 Å². The number of methoxy groups -OCH3 is 1. The van der Waals surface area contributed by atoms with Crippen LogP contribution in [0.2, 0.25) is 0 Å². The molecule has 0 aliphatic carbocycles. The first kappa shape index (κ1) is 20.1. The number of rotatable bonds is 5. The van der Waals surface area contributed by atoms with Gasteiger partial charge in [-0.2, -0.15) is 0 Å². The van der Waals surface area contributed by atoms with Crippen LogP contribution in [0.4, 0.5) is 14.9 Å². The SMILES string of the molecule is COCCn1c(=O)n([C@@H]2CCN(C(=O)Nc3cccc(F)c3C)C2)c2ncccc21. The highest BCUT2D eigenvalue weighted by atomic mass is 19.1. The Morgan fingerprint density at radius 3 is 2.97 bits per heavy atom. The lowest BCUT2D eigenvalue weighted by Gasteiger charge is -2.18. The van der Waals surface area contributed by atoms with Gasteiger partial charge in [0.15, 0.2) is 5.65 Å². The number of carbonyl (C=O) groups excluding carboxylic acids is 1. The molecule has 1 fully saturated rings. The number of likely N-dealkylation sites (tertiary alicyclic amines) is 1. The van der Waals surface area contributed by atoms with Crippen LogP contribution in [-0.4, -0.2) is 51.9 Å². The second-order valence-electron chi connectivity index (χ2n) is 7.37. The van der Waals surface area contributed by atoms with Crippen molar-refractivity contribution in [3.8, 4) is 0 Å². The molecule has 8 nitrogen and oxygen atoms in total. The van der Waals surface area contributed by atoms with E-state index in [0.717, 1.165) is 5.52 Å². The van der Waals surface area contributed by atoms with Crippen LogP contribution in [0.1, 0.15) is 18.0 Å². The lowest BCUT2D eigenvalue weighted by molar-refractivity contribution is 0.187. The third-order valence-electron chi connectivity index (χ3n) is 5.57. The van der Waals surface area contributed by atoms with Gasteiger partial charge in [-0.05, 0) is 37.6 Å². The number of amides is 2. The Morgan fingerprint density at radius 2 is 2.17 bits per heavy atom. The predicted molar refractivity (Wildman–Crippen MR) is 111 cm³/mol. The van der Waals surface area contributed by atoms with E-state index in [1.54, 1.807) is 52.5 Å². The van der Waals surface area contributed by atoms with Crippen molar-refractivity contribution in [1.82, 2.24) is 19.0 Å². The monoisotopic (exact) mass is 413 g/mol. The van der Waals surface area contributed by atoms with Crippen molar-refractivity contribution in [3.05, 3.63) is 58.4 Å². The van der Waals surface area contributed by atoms with E-state index in [1.807, 2.05) is 6.07 Å². The fourth-order valence-electron chi connectivity index (χ4n) is 3.91. The van der Waals surface area contributed by atoms with Crippen LogP contribution in [0.25, 0.3) is 11.2 Å². The summed E-state index contributed by atoms with van der Waals surface area (Å²) in [5, 5.41) is 2.77. The zero-order valence-corrected chi connectivity index (χ0v) is 17.0. The second-order valence-corrected chi connectivity index (χ2v) is 7.37. The third kappa shape index (κ3) is 3.56. The first-order chi connectivity index (χ1) is 14.5. The highest BCUT2D eigenvalue weighted by Crippen LogP contribution is 2.25. The maximum atomic E-state index is 13.8. The van der Waals surface area contributed by atoms with E-state index in [9.17, 15) is 14.0 Å². The standard InChI is InChI=1S/C21H24FN5O3/c1-14-16(22)5-3-6-17(14)24-20(28)25-10-8-15(13-25)27-19-18(7-4-9-23-19)26(21(27)29)11-12-30-2/h3-7,9,15H,8,10-13H2,1-2H3,(H,24,28)/t15-/m1/s1. The molecule has 1 atom stereocenters. The molecule has 3 heterocycles. The van der Waals surface area contributed by atoms with Gasteiger partial charge < -0.3 is 15.0 Å². The van der Waals surface area contributed by atoms with Gasteiger partial charge in [-0.25, -0.2) is 19.0 Å². The maximum absolute atomic E-state index is 13.8. The summed E-state index contributed by atoms with van der Waals surface area (Å²) in [6.45, 7) is 3.34. The summed E-state index contributed by atoms with van der Waals surface area (Å²) in [6.07, 6.45) is 2.29. The Bertz CT molecular complexity index is 1140. The number of benzene rings is 1. The number of fused-ring (bicyclic) bond motifs is 1. The summed E-state index contributed by atoms with van der Waals surface area (Å²) in [5.41, 5.74) is 2.03. The van der Waals surface area contributed by atoms with Crippen molar-refractivity contribution in [2.45, 2.75) is 25.9 Å². The average Bonchev–Trinajstić information content (AvgIpc) is 3.32. The molecular formula is C21H24FN5O3. The molecular weight excluding hydrogens is 389 g/mol. The minimum Gasteiger partial charge on any atom is -0.383 e. The molecule has 2 amide bonds. The molecule has 0 radical (unpaired) electrons. The van der Waals surface area contributed by atoms with Gasteiger partial charge in [-0.15, -0.1) is 0 Å². The minimum absolute atomic E-state index is 0.158. The smallest absolute Gasteiger partial charge is 0.330 e. The van der Waals surface area contributed by atoms with Crippen LogP contribution in [0, 0.1) is 12.7 Å². The van der Waals surface area contributed by atoms with Crippen LogP contribution in [0.15, 0.2) is 41.3 Å². The molecule has 0 unspecified atom stereocenters. The molecule has 0 spiro atoms. The summed E-state index contributed by atoms with van der Waals surface area (Å²) >= 11 is 0. The molecule has 0 saturated carbocycles. The molecule has 0 bridgehead atoms. The van der Waals surface area contributed by atoms with Crippen LogP contribution in [0.3, 0.4) is 0 Å². The van der Waals surface area contributed by atoms with Crippen LogP contribution < -0.4 is 11.0 Å². The number of urea groups is 1. The minimum atomic E-state index is -0.367. The molecule has 1 saturated heterocycles. The number of nitrogens with one attached hydrogen (secondary N) is 1. The zero-order chi connectivity index (χ0) is 21.3. The van der Waals surface area contributed by atoms with Crippen molar-refractivity contribution in [2.75, 3.05) is 32.1 Å². The van der Waals surface area contributed by atoms with Gasteiger partial charge in [-0.3, -0.25) is 9.13 Å². The number of pyridine rings is 1. The Kier molecular flexibility index (Phi) is 5.54. The fraction of sp³-hybridized carbons (Fsp3) is 0.381. The Hall–Kier alpha value is -3.20. The largest absolute Gasteiger partial charge is 0.383 e. The maximum Gasteiger partial charge on any atom is 0.330 e. The number of nitrogens with zero attached hydrogens (tertiary/aromatic N) is 4. The van der Waals surface area contributed by atoms with Gasteiger partial charge >= 0.3 is 11.7 Å². The summed E-state index contributed by atoms with van der Waals surface area (Å²) in [7, 11) is 1.59. The third-order valence-corrected chi connectivity index (χ3v) is 5.57. The molecule has 9 heteroatoms. The van der Waals surface area contributed by atoms with Crippen molar-refractivity contribution < 1.29 is 13.9 Å². The first-order valence-electron chi connectivity index (χ1n) is 9.87. The van der Waals surface area contributed by atoms with Crippen LogP contribution in [-0.2, 0) is 11.3 Å². The molecule has 3 aromatic rings. The number of halogens is 1. The molecule has 1 aromatic carbocycles. The lowest BCUT2D eigenvalue weighted by atomic mass is 10.2. The summed E-state index contributed by atoms with van der Waals surface area (Å²) in [4.78, 5) is 31.9. The van der Waals surface area contributed by atoms with Gasteiger partial charge in [0.25, 0.3) is 0 Å². The fourth-order valence-corrected chi connectivity index (χ4v) is 3.91. The average molecular weight is 413 g/mol. The van der Waals surface area contributed by atoms with Gasteiger partial charge in [0.05, 0.1) is 24.7 Å². The van der Waals surface area contributed by atoms with Gasteiger partial charge in [0.1, 0.15) is 5.82 Å². The van der Waals surface area contributed by atoms with Gasteiger partial charge in [0.2, 0.25) is 0 Å². The van der Waals surface area contributed by atoms with Crippen molar-refractivity contribution in [1.29, 1.82) is 0 Å². The number of ether oxygens (including phenoxy) is 1. The predicted octanol–water partition coefficient (Wildman–Crippen LogP) is 2.77. The van der Waals surface area contributed by atoms with Crippen molar-refractivity contribution in [2.24, 2.45) is 0 Å². The van der Waals surface area contributed by atoms with Gasteiger partial charge in [-0.1, -0.05) is 6.07 Å². The Morgan fingerprint density at radius 1 is 1.33 bits per heavy atom. The van der Waals surface area contributed by atoms with Crippen LogP contribution >= 0.6 is 0 Å². The molecule has 158 valence electrons. The molecule has 30 heavy (non-hydrogen) atoms. The quantitative estimate of drug-likeness (QED) is 0.697. The molecule has 2 aromatic heterocycles. The van der Waals surface area contributed by atoms with Crippen LogP contribution in [0.5, 0.6) is 0 Å². The highest BCUT2D eigenvalue weighted by molar-refractivity contribution is 5.90. The first-order valence-corrected chi connectivity index (χ1v) is 9.87. The lowest BCUT2D eigenvalue weighted by Crippen LogP contribution is -2.35. The summed E-state index contributed by atoms with van der Waals surface area (Å²) < 4.78 is 22.2. The van der Waals surface area contributed by atoms with E-state index in [2.05, 4.69) is 10.3 Å². The second kappa shape index (κ2) is 8.27. The zero-order valence-electron chi connectivity index (χ0n) is 17.0. The van der Waals surface area contributed by atoms with E-state index in [0.29, 0.717) is 49.6 Å². The Balaban J connectivity index is 1.57. The van der Waals surface area contributed by atoms with E-state index in [-0.39, 0.29) is 23.6 Å². The van der Waals surface area contributed by atoms with E-state index in [4.69, 9.17) is 4.74 Å². The number of aromatic nitrogens is 3. The van der Waals surface area contributed by atoms with Crippen molar-refractivity contribution >= 4 is 22.9 Å². The van der Waals surface area contributed by atoms with E-state index < -0.39 is 0 Å². The topological polar surface area (TPSA) is 81.4 Å². The van der Waals surface area contributed by atoms with E-state index in [1.165, 1.54) is 6.07 Å². The highest BCUT2D eigenvalue weighted by Gasteiger charge is 2.31. The number of carbonyl (C=O) groups is 1. The molecule has 1 aliphatic rings. The number of imidazole rings is 1. The number of hydrogen-bond acceptors (Lipinski definition) is 4. The van der Waals surface area contributed by atoms with Crippen molar-refractivity contribution in [3.63, 3.8) is 0 Å². The summed E-state index contributed by atoms with van der Waals surface area (Å²) in [5.74, 6) is -0.367. The molecule has 4 rings (SSSR count). The Labute approximate surface area is 172 Å². The van der Waals surface area contributed by atoms with E-state index >= 15 is 0 Å².